The van der Waals surface area contributed by atoms with Crippen molar-refractivity contribution in [2.75, 3.05) is 7.05 Å². The first-order valence-corrected chi connectivity index (χ1v) is 8.56. The molecule has 2 rings (SSSR count). The zero-order valence-electron chi connectivity index (χ0n) is 12.9. The Bertz CT molecular complexity index is 595. The van der Waals surface area contributed by atoms with Crippen LogP contribution in [0.2, 0.25) is 0 Å². The quantitative estimate of drug-likeness (QED) is 0.656. The van der Waals surface area contributed by atoms with Crippen LogP contribution in [0, 0.1) is 13.8 Å². The number of aromatic nitrogens is 2. The van der Waals surface area contributed by atoms with Crippen molar-refractivity contribution in [2.24, 2.45) is 4.99 Å². The SMILES string of the molecule is CCc1cnc(CNC(=NC)NCc2nc(C)c(C)s2)s1. The molecule has 114 valence electrons. The van der Waals surface area contributed by atoms with E-state index >= 15 is 0 Å². The van der Waals surface area contributed by atoms with Crippen LogP contribution >= 0.6 is 22.7 Å². The molecule has 0 amide bonds. The van der Waals surface area contributed by atoms with E-state index in [2.05, 4.69) is 39.4 Å². The first-order chi connectivity index (χ1) is 10.1. The molecule has 0 spiro atoms. The summed E-state index contributed by atoms with van der Waals surface area (Å²) in [5.74, 6) is 0.772. The number of hydrogen-bond donors (Lipinski definition) is 2. The topological polar surface area (TPSA) is 62.2 Å². The molecule has 0 saturated heterocycles. The summed E-state index contributed by atoms with van der Waals surface area (Å²) in [6, 6.07) is 0. The number of hydrogen-bond acceptors (Lipinski definition) is 5. The minimum Gasteiger partial charge on any atom is -0.350 e. The molecule has 2 N–H and O–H groups in total. The maximum absolute atomic E-state index is 4.51. The third-order valence-corrected chi connectivity index (χ3v) is 5.27. The van der Waals surface area contributed by atoms with Crippen LogP contribution in [-0.4, -0.2) is 23.0 Å². The van der Waals surface area contributed by atoms with Crippen molar-refractivity contribution in [1.82, 2.24) is 20.6 Å². The Hall–Kier alpha value is -1.47. The molecule has 21 heavy (non-hydrogen) atoms. The molecule has 7 heteroatoms. The zero-order valence-corrected chi connectivity index (χ0v) is 14.5. The highest BCUT2D eigenvalue weighted by Gasteiger charge is 2.06. The van der Waals surface area contributed by atoms with Gasteiger partial charge in [0.05, 0.1) is 18.8 Å². The monoisotopic (exact) mass is 323 g/mol. The highest BCUT2D eigenvalue weighted by atomic mass is 32.1. The standard InChI is InChI=1S/C14H21N5S2/c1-5-11-6-16-12(21-11)7-17-14(15-4)18-8-13-19-9(2)10(3)20-13/h6H,5,7-8H2,1-4H3,(H2,15,17,18). The second kappa shape index (κ2) is 7.51. The van der Waals surface area contributed by atoms with Gasteiger partial charge in [-0.3, -0.25) is 4.99 Å². The van der Waals surface area contributed by atoms with Gasteiger partial charge < -0.3 is 10.6 Å². The minimum absolute atomic E-state index is 0.692. The van der Waals surface area contributed by atoms with Crippen LogP contribution in [0.3, 0.4) is 0 Å². The first-order valence-electron chi connectivity index (χ1n) is 6.93. The third-order valence-electron chi connectivity index (χ3n) is 3.06. The third kappa shape index (κ3) is 4.50. The molecule has 2 aromatic heterocycles. The van der Waals surface area contributed by atoms with Crippen molar-refractivity contribution in [1.29, 1.82) is 0 Å². The lowest BCUT2D eigenvalue weighted by atomic mass is 10.4. The van der Waals surface area contributed by atoms with E-state index in [1.807, 2.05) is 13.1 Å². The Morgan fingerprint density at radius 1 is 1.19 bits per heavy atom. The van der Waals surface area contributed by atoms with Crippen molar-refractivity contribution >= 4 is 28.6 Å². The molecule has 0 aliphatic heterocycles. The van der Waals surface area contributed by atoms with Gasteiger partial charge in [0.25, 0.3) is 0 Å². The Kier molecular flexibility index (Phi) is 5.69. The molecule has 2 heterocycles. The lowest BCUT2D eigenvalue weighted by Crippen LogP contribution is -2.36. The van der Waals surface area contributed by atoms with Crippen molar-refractivity contribution in [3.63, 3.8) is 0 Å². The molecular formula is C14H21N5S2. The maximum atomic E-state index is 4.51. The smallest absolute Gasteiger partial charge is 0.191 e. The Balaban J connectivity index is 1.83. The predicted molar refractivity (Wildman–Crippen MR) is 90.1 cm³/mol. The Labute approximate surface area is 133 Å². The fourth-order valence-electron chi connectivity index (χ4n) is 1.75. The zero-order chi connectivity index (χ0) is 15.2. The van der Waals surface area contributed by atoms with Crippen molar-refractivity contribution in [3.05, 3.63) is 31.7 Å². The van der Waals surface area contributed by atoms with E-state index in [0.717, 1.165) is 28.1 Å². The fraction of sp³-hybridized carbons (Fsp3) is 0.500. The maximum Gasteiger partial charge on any atom is 0.191 e. The predicted octanol–water partition coefficient (Wildman–Crippen LogP) is 2.64. The second-order valence-electron chi connectivity index (χ2n) is 4.60. The number of nitrogens with one attached hydrogen (secondary N) is 2. The van der Waals surface area contributed by atoms with Gasteiger partial charge in [-0.25, -0.2) is 9.97 Å². The van der Waals surface area contributed by atoms with Crippen LogP contribution in [-0.2, 0) is 19.5 Å². The number of rotatable bonds is 5. The number of aryl methyl sites for hydroxylation is 3. The largest absolute Gasteiger partial charge is 0.350 e. The summed E-state index contributed by atoms with van der Waals surface area (Å²) in [6.07, 6.45) is 2.98. The van der Waals surface area contributed by atoms with Crippen LogP contribution in [0.15, 0.2) is 11.2 Å². The van der Waals surface area contributed by atoms with E-state index in [4.69, 9.17) is 0 Å². The lowest BCUT2D eigenvalue weighted by Gasteiger charge is -2.09. The number of nitrogens with zero attached hydrogens (tertiary/aromatic N) is 3. The number of guanidine groups is 1. The van der Waals surface area contributed by atoms with Crippen molar-refractivity contribution < 1.29 is 0 Å². The van der Waals surface area contributed by atoms with Gasteiger partial charge in [0.15, 0.2) is 5.96 Å². The molecule has 0 aliphatic carbocycles. The molecule has 0 bridgehead atoms. The first kappa shape index (κ1) is 15.9. The summed E-state index contributed by atoms with van der Waals surface area (Å²) >= 11 is 3.46. The van der Waals surface area contributed by atoms with Crippen molar-refractivity contribution in [3.8, 4) is 0 Å². The molecule has 0 aromatic carbocycles. The van der Waals surface area contributed by atoms with Gasteiger partial charge in [0.1, 0.15) is 10.0 Å². The van der Waals surface area contributed by atoms with Gasteiger partial charge in [-0.2, -0.15) is 0 Å². The minimum atomic E-state index is 0.692. The van der Waals surface area contributed by atoms with Crippen molar-refractivity contribution in [2.45, 2.75) is 40.3 Å². The van der Waals surface area contributed by atoms with Gasteiger partial charge >= 0.3 is 0 Å². The van der Waals surface area contributed by atoms with E-state index in [1.165, 1.54) is 9.75 Å². The average Bonchev–Trinajstić information content (AvgIpc) is 3.06. The Morgan fingerprint density at radius 3 is 2.43 bits per heavy atom. The van der Waals surface area contributed by atoms with E-state index in [9.17, 15) is 0 Å². The van der Waals surface area contributed by atoms with Crippen LogP contribution in [0.4, 0.5) is 0 Å². The molecule has 0 fully saturated rings. The molecule has 5 nitrogen and oxygen atoms in total. The van der Waals surface area contributed by atoms with Gasteiger partial charge in [0, 0.05) is 23.0 Å². The molecule has 0 radical (unpaired) electrons. The summed E-state index contributed by atoms with van der Waals surface area (Å²) in [4.78, 5) is 15.7. The molecule has 0 unspecified atom stereocenters. The van der Waals surface area contributed by atoms with Gasteiger partial charge in [0.2, 0.25) is 0 Å². The molecule has 0 aliphatic rings. The van der Waals surface area contributed by atoms with Crippen LogP contribution in [0.1, 0.15) is 32.4 Å². The van der Waals surface area contributed by atoms with Crippen LogP contribution in [0.25, 0.3) is 0 Å². The summed E-state index contributed by atoms with van der Waals surface area (Å²) in [5.41, 5.74) is 1.11. The summed E-state index contributed by atoms with van der Waals surface area (Å²) in [5, 5.41) is 8.72. The number of aliphatic imine (C=N–C) groups is 1. The molecular weight excluding hydrogens is 302 g/mol. The normalized spacial score (nSPS) is 11.7. The highest BCUT2D eigenvalue weighted by molar-refractivity contribution is 7.11. The molecule has 0 atom stereocenters. The van der Waals surface area contributed by atoms with Gasteiger partial charge in [-0.1, -0.05) is 6.92 Å². The van der Waals surface area contributed by atoms with E-state index in [0.29, 0.717) is 13.1 Å². The van der Waals surface area contributed by atoms with Crippen LogP contribution in [0.5, 0.6) is 0 Å². The number of thiazole rings is 2. The van der Waals surface area contributed by atoms with E-state index in [1.54, 1.807) is 29.7 Å². The summed E-state index contributed by atoms with van der Waals surface area (Å²) in [7, 11) is 1.77. The van der Waals surface area contributed by atoms with E-state index in [-0.39, 0.29) is 0 Å². The van der Waals surface area contributed by atoms with Crippen LogP contribution < -0.4 is 10.6 Å². The van der Waals surface area contributed by atoms with Gasteiger partial charge in [-0.15, -0.1) is 22.7 Å². The molecule has 2 aromatic rings. The fourth-order valence-corrected chi connectivity index (χ4v) is 3.42. The van der Waals surface area contributed by atoms with Gasteiger partial charge in [-0.05, 0) is 20.3 Å². The lowest BCUT2D eigenvalue weighted by molar-refractivity contribution is 0.800. The summed E-state index contributed by atoms with van der Waals surface area (Å²) < 4.78 is 0. The molecule has 0 saturated carbocycles. The average molecular weight is 323 g/mol. The highest BCUT2D eigenvalue weighted by Crippen LogP contribution is 2.16. The Morgan fingerprint density at radius 2 is 1.90 bits per heavy atom. The van der Waals surface area contributed by atoms with E-state index < -0.39 is 0 Å². The second-order valence-corrected chi connectivity index (χ2v) is 7.09. The summed E-state index contributed by atoms with van der Waals surface area (Å²) in [6.45, 7) is 7.66.